The van der Waals surface area contributed by atoms with E-state index in [1.807, 2.05) is 6.07 Å². The van der Waals surface area contributed by atoms with Crippen LogP contribution in [0.25, 0.3) is 0 Å². The van der Waals surface area contributed by atoms with Crippen LogP contribution in [-0.2, 0) is 9.59 Å². The van der Waals surface area contributed by atoms with Gasteiger partial charge in [0.15, 0.2) is 0 Å². The lowest BCUT2D eigenvalue weighted by atomic mass is 10.1. The van der Waals surface area contributed by atoms with Gasteiger partial charge < -0.3 is 4.90 Å². The van der Waals surface area contributed by atoms with Gasteiger partial charge in [-0.25, -0.2) is 9.29 Å². The number of amides is 3. The van der Waals surface area contributed by atoms with E-state index in [0.29, 0.717) is 11.3 Å². The average molecular weight is 377 g/mol. The molecule has 0 aromatic heterocycles. The maximum Gasteiger partial charge on any atom is 0.257 e. The molecule has 2 aromatic carbocycles. The van der Waals surface area contributed by atoms with E-state index in [9.17, 15) is 18.8 Å². The minimum Gasteiger partial charge on any atom is -0.322 e. The molecule has 0 bridgehead atoms. The summed E-state index contributed by atoms with van der Waals surface area (Å²) in [7, 11) is 0. The fourth-order valence-corrected chi connectivity index (χ4v) is 3.10. The topological polar surface area (TPSA) is 81.5 Å². The summed E-state index contributed by atoms with van der Waals surface area (Å²) in [5, 5.41) is 8.88. The normalized spacial score (nSPS) is 16.0. The Morgan fingerprint density at radius 2 is 1.93 bits per heavy atom. The lowest BCUT2D eigenvalue weighted by Gasteiger charge is -2.26. The number of imide groups is 1. The van der Waals surface area contributed by atoms with Crippen LogP contribution in [0.15, 0.2) is 61.2 Å². The van der Waals surface area contributed by atoms with E-state index in [0.717, 1.165) is 15.9 Å². The van der Waals surface area contributed by atoms with Crippen LogP contribution in [-0.4, -0.2) is 35.2 Å². The second-order valence-electron chi connectivity index (χ2n) is 6.17. The highest BCUT2D eigenvalue weighted by atomic mass is 19.1. The second kappa shape index (κ2) is 7.84. The molecule has 1 unspecified atom stereocenters. The lowest BCUT2D eigenvalue weighted by molar-refractivity contribution is -0.122. The highest BCUT2D eigenvalue weighted by Gasteiger charge is 2.44. The Labute approximate surface area is 161 Å². The number of benzene rings is 2. The largest absolute Gasteiger partial charge is 0.322 e. The van der Waals surface area contributed by atoms with Gasteiger partial charge in [-0.3, -0.25) is 14.4 Å². The van der Waals surface area contributed by atoms with Crippen molar-refractivity contribution in [2.45, 2.75) is 12.5 Å². The highest BCUT2D eigenvalue weighted by Crippen LogP contribution is 2.27. The Hall–Kier alpha value is -3.79. The van der Waals surface area contributed by atoms with Gasteiger partial charge in [0.2, 0.25) is 5.91 Å². The molecule has 1 aliphatic heterocycles. The summed E-state index contributed by atoms with van der Waals surface area (Å²) >= 11 is 0. The van der Waals surface area contributed by atoms with Crippen molar-refractivity contribution in [1.82, 2.24) is 4.90 Å². The second-order valence-corrected chi connectivity index (χ2v) is 6.17. The van der Waals surface area contributed by atoms with Gasteiger partial charge >= 0.3 is 0 Å². The minimum atomic E-state index is -1.06. The van der Waals surface area contributed by atoms with Gasteiger partial charge in [-0.15, -0.1) is 6.58 Å². The predicted molar refractivity (Wildman–Crippen MR) is 99.7 cm³/mol. The van der Waals surface area contributed by atoms with Crippen molar-refractivity contribution in [3.05, 3.63) is 78.1 Å². The first-order valence-corrected chi connectivity index (χ1v) is 8.51. The summed E-state index contributed by atoms with van der Waals surface area (Å²) in [5.74, 6) is -2.45. The van der Waals surface area contributed by atoms with Crippen molar-refractivity contribution < 1.29 is 18.8 Å². The molecule has 1 atom stereocenters. The number of hydrogen-bond acceptors (Lipinski definition) is 4. The Kier molecular flexibility index (Phi) is 5.32. The van der Waals surface area contributed by atoms with E-state index in [1.54, 1.807) is 0 Å². The molecule has 140 valence electrons. The summed E-state index contributed by atoms with van der Waals surface area (Å²) in [6.45, 7) is 3.57. The van der Waals surface area contributed by atoms with E-state index in [-0.39, 0.29) is 18.5 Å². The highest BCUT2D eigenvalue weighted by molar-refractivity contribution is 6.23. The van der Waals surface area contributed by atoms with E-state index in [1.165, 1.54) is 48.5 Å². The first-order valence-electron chi connectivity index (χ1n) is 8.51. The van der Waals surface area contributed by atoms with Crippen molar-refractivity contribution in [2.75, 3.05) is 11.4 Å². The summed E-state index contributed by atoms with van der Waals surface area (Å²) in [5.41, 5.74) is 0.525. The van der Waals surface area contributed by atoms with Crippen LogP contribution < -0.4 is 4.90 Å². The van der Waals surface area contributed by atoms with Crippen LogP contribution >= 0.6 is 0 Å². The Morgan fingerprint density at radius 3 is 2.54 bits per heavy atom. The zero-order valence-corrected chi connectivity index (χ0v) is 14.8. The molecule has 28 heavy (non-hydrogen) atoms. The van der Waals surface area contributed by atoms with Crippen molar-refractivity contribution in [2.24, 2.45) is 0 Å². The zero-order valence-electron chi connectivity index (χ0n) is 14.8. The Morgan fingerprint density at radius 1 is 1.25 bits per heavy atom. The minimum absolute atomic E-state index is 0.0158. The number of hydrogen-bond donors (Lipinski definition) is 0. The fourth-order valence-electron chi connectivity index (χ4n) is 3.10. The standard InChI is InChI=1S/C21H16FN3O3/c1-2-11-24(20(27)16-5-3-4-6-17(16)22)18-12-19(26)25(21(18)28)15-9-7-14(13-23)8-10-15/h2-10,18H,1,11-12H2. The SMILES string of the molecule is C=CCN(C(=O)c1ccccc1F)C1CC(=O)N(c2ccc(C#N)cc2)C1=O. The van der Waals surface area contributed by atoms with Gasteiger partial charge in [0.1, 0.15) is 11.9 Å². The smallest absolute Gasteiger partial charge is 0.257 e. The quantitative estimate of drug-likeness (QED) is 0.593. The third-order valence-corrected chi connectivity index (χ3v) is 4.44. The number of rotatable bonds is 5. The summed E-state index contributed by atoms with van der Waals surface area (Å²) < 4.78 is 14.1. The number of nitrogens with zero attached hydrogens (tertiary/aromatic N) is 3. The number of carbonyl (C=O) groups is 3. The molecular formula is C21H16FN3O3. The van der Waals surface area contributed by atoms with Crippen LogP contribution in [0.2, 0.25) is 0 Å². The van der Waals surface area contributed by atoms with Crippen molar-refractivity contribution >= 4 is 23.4 Å². The van der Waals surface area contributed by atoms with E-state index < -0.39 is 29.6 Å². The maximum atomic E-state index is 14.1. The Balaban J connectivity index is 1.92. The number of nitriles is 1. The molecule has 3 amide bonds. The Bertz CT molecular complexity index is 995. The molecule has 1 fully saturated rings. The first kappa shape index (κ1) is 19.0. The van der Waals surface area contributed by atoms with Crippen LogP contribution in [0.5, 0.6) is 0 Å². The van der Waals surface area contributed by atoms with Crippen molar-refractivity contribution in [1.29, 1.82) is 5.26 Å². The molecule has 1 aliphatic rings. The van der Waals surface area contributed by atoms with Gasteiger partial charge in [0.25, 0.3) is 11.8 Å². The average Bonchev–Trinajstić information content (AvgIpc) is 3.00. The summed E-state index contributed by atoms with van der Waals surface area (Å²) in [6.07, 6.45) is 1.20. The monoisotopic (exact) mass is 377 g/mol. The van der Waals surface area contributed by atoms with Crippen LogP contribution in [0, 0.1) is 17.1 Å². The molecule has 3 rings (SSSR count). The molecule has 0 spiro atoms. The van der Waals surface area contributed by atoms with Crippen molar-refractivity contribution in [3.8, 4) is 6.07 Å². The first-order chi connectivity index (χ1) is 13.5. The van der Waals surface area contributed by atoms with Gasteiger partial charge in [-0.05, 0) is 36.4 Å². The molecule has 1 saturated heterocycles. The van der Waals surface area contributed by atoms with Crippen molar-refractivity contribution in [3.63, 3.8) is 0 Å². The van der Waals surface area contributed by atoms with Gasteiger partial charge in [-0.2, -0.15) is 5.26 Å². The predicted octanol–water partition coefficient (Wildman–Crippen LogP) is 2.66. The van der Waals surface area contributed by atoms with Gasteiger partial charge in [0.05, 0.1) is 29.3 Å². The molecule has 0 saturated carbocycles. The third-order valence-electron chi connectivity index (χ3n) is 4.44. The number of carbonyl (C=O) groups excluding carboxylic acids is 3. The number of halogens is 1. The van der Waals surface area contributed by atoms with E-state index >= 15 is 0 Å². The molecule has 0 aliphatic carbocycles. The molecule has 7 heteroatoms. The fraction of sp³-hybridized carbons (Fsp3) is 0.143. The third kappa shape index (κ3) is 3.40. The zero-order chi connectivity index (χ0) is 20.3. The van der Waals surface area contributed by atoms with Crippen LogP contribution in [0.1, 0.15) is 22.3 Å². The van der Waals surface area contributed by atoms with Crippen LogP contribution in [0.4, 0.5) is 10.1 Å². The lowest BCUT2D eigenvalue weighted by Crippen LogP contribution is -2.45. The van der Waals surface area contributed by atoms with Crippen LogP contribution in [0.3, 0.4) is 0 Å². The number of anilines is 1. The molecular weight excluding hydrogens is 361 g/mol. The molecule has 6 nitrogen and oxygen atoms in total. The van der Waals surface area contributed by atoms with E-state index in [2.05, 4.69) is 6.58 Å². The molecule has 0 N–H and O–H groups in total. The molecule has 2 aromatic rings. The summed E-state index contributed by atoms with van der Waals surface area (Å²) in [4.78, 5) is 40.4. The van der Waals surface area contributed by atoms with E-state index in [4.69, 9.17) is 5.26 Å². The molecule has 0 radical (unpaired) electrons. The van der Waals surface area contributed by atoms with Gasteiger partial charge in [0, 0.05) is 6.54 Å². The maximum absolute atomic E-state index is 14.1. The molecule has 1 heterocycles. The van der Waals surface area contributed by atoms with Gasteiger partial charge in [-0.1, -0.05) is 18.2 Å². The summed E-state index contributed by atoms with van der Waals surface area (Å²) in [6, 6.07) is 12.3.